The van der Waals surface area contributed by atoms with Crippen LogP contribution in [0.4, 0.5) is 0 Å². The van der Waals surface area contributed by atoms with E-state index in [4.69, 9.17) is 16.7 Å². The number of halogens is 1. The molecule has 0 fully saturated rings. The number of aliphatic carboxylic acids is 1. The normalized spacial score (nSPS) is 13.6. The molecule has 0 aliphatic rings. The van der Waals surface area contributed by atoms with Gasteiger partial charge in [-0.1, -0.05) is 18.5 Å². The van der Waals surface area contributed by atoms with Crippen molar-refractivity contribution in [3.8, 4) is 0 Å². The van der Waals surface area contributed by atoms with Gasteiger partial charge in [-0.2, -0.15) is 4.31 Å². The van der Waals surface area contributed by atoms with Crippen molar-refractivity contribution in [2.24, 2.45) is 5.92 Å². The number of pyridine rings is 1. The summed E-state index contributed by atoms with van der Waals surface area (Å²) in [7, 11) is -2.52. The molecule has 1 rings (SSSR count). The van der Waals surface area contributed by atoms with Crippen LogP contribution >= 0.6 is 11.6 Å². The molecule has 0 aliphatic carbocycles. The minimum Gasteiger partial charge on any atom is -0.481 e. The summed E-state index contributed by atoms with van der Waals surface area (Å²) >= 11 is 5.72. The first-order valence-corrected chi connectivity index (χ1v) is 6.88. The molecule has 0 bridgehead atoms. The number of aromatic nitrogens is 1. The smallest absolute Gasteiger partial charge is 0.307 e. The average Bonchev–Trinajstić information content (AvgIpc) is 2.28. The monoisotopic (exact) mass is 292 g/mol. The van der Waals surface area contributed by atoms with Crippen molar-refractivity contribution in [3.63, 3.8) is 0 Å². The molecule has 1 aromatic heterocycles. The van der Waals surface area contributed by atoms with Gasteiger partial charge in [-0.05, 0) is 12.1 Å². The third-order valence-corrected chi connectivity index (χ3v) is 4.63. The highest BCUT2D eigenvalue weighted by Gasteiger charge is 2.26. The SMILES string of the molecule is CC(CN(C)S(=O)(=O)c1cccnc1Cl)C(=O)O. The predicted molar refractivity (Wildman–Crippen MR) is 65.9 cm³/mol. The van der Waals surface area contributed by atoms with E-state index in [0.29, 0.717) is 0 Å². The Bertz CT molecular complexity index is 547. The van der Waals surface area contributed by atoms with Crippen LogP contribution in [0.5, 0.6) is 0 Å². The summed E-state index contributed by atoms with van der Waals surface area (Å²) in [5.74, 6) is -1.87. The lowest BCUT2D eigenvalue weighted by molar-refractivity contribution is -0.141. The van der Waals surface area contributed by atoms with Gasteiger partial charge >= 0.3 is 5.97 Å². The summed E-state index contributed by atoms with van der Waals surface area (Å²) in [6.07, 6.45) is 1.38. The molecule has 1 aromatic rings. The number of nitrogens with zero attached hydrogens (tertiary/aromatic N) is 2. The maximum Gasteiger partial charge on any atom is 0.307 e. The Kier molecular flexibility index (Phi) is 4.66. The molecule has 18 heavy (non-hydrogen) atoms. The quantitative estimate of drug-likeness (QED) is 0.820. The summed E-state index contributed by atoms with van der Waals surface area (Å²) in [6, 6.07) is 2.78. The molecule has 1 heterocycles. The number of carboxylic acids is 1. The standard InChI is InChI=1S/C10H13ClN2O4S/c1-7(10(14)15)6-13(2)18(16,17)8-4-3-5-12-9(8)11/h3-5,7H,6H2,1-2H3,(H,14,15). The van der Waals surface area contributed by atoms with Crippen molar-refractivity contribution < 1.29 is 18.3 Å². The van der Waals surface area contributed by atoms with Crippen molar-refractivity contribution in [1.82, 2.24) is 9.29 Å². The fraction of sp³-hybridized carbons (Fsp3) is 0.400. The number of carbonyl (C=O) groups is 1. The number of hydrogen-bond donors (Lipinski definition) is 1. The van der Waals surface area contributed by atoms with Crippen molar-refractivity contribution in [2.75, 3.05) is 13.6 Å². The van der Waals surface area contributed by atoms with Gasteiger partial charge in [0.15, 0.2) is 0 Å². The third kappa shape index (κ3) is 3.18. The van der Waals surface area contributed by atoms with E-state index in [-0.39, 0.29) is 16.6 Å². The molecular weight excluding hydrogens is 280 g/mol. The number of sulfonamides is 1. The summed E-state index contributed by atoms with van der Waals surface area (Å²) in [4.78, 5) is 14.3. The predicted octanol–water partition coefficient (Wildman–Crippen LogP) is 1.08. The van der Waals surface area contributed by atoms with Gasteiger partial charge in [-0.15, -0.1) is 0 Å². The second kappa shape index (κ2) is 5.64. The van der Waals surface area contributed by atoms with Gasteiger partial charge in [0, 0.05) is 19.8 Å². The van der Waals surface area contributed by atoms with Gasteiger partial charge in [0.25, 0.3) is 0 Å². The van der Waals surface area contributed by atoms with E-state index in [2.05, 4.69) is 4.98 Å². The van der Waals surface area contributed by atoms with Crippen molar-refractivity contribution >= 4 is 27.6 Å². The Morgan fingerprint density at radius 1 is 1.61 bits per heavy atom. The topological polar surface area (TPSA) is 87.6 Å². The lowest BCUT2D eigenvalue weighted by atomic mass is 10.2. The molecule has 8 heteroatoms. The van der Waals surface area contributed by atoms with Gasteiger partial charge in [0.2, 0.25) is 10.0 Å². The first-order chi connectivity index (χ1) is 8.26. The van der Waals surface area contributed by atoms with E-state index in [1.807, 2.05) is 0 Å². The second-order valence-electron chi connectivity index (χ2n) is 3.82. The summed E-state index contributed by atoms with van der Waals surface area (Å²) < 4.78 is 25.2. The van der Waals surface area contributed by atoms with E-state index in [9.17, 15) is 13.2 Å². The van der Waals surface area contributed by atoms with E-state index < -0.39 is 21.9 Å². The highest BCUT2D eigenvalue weighted by Crippen LogP contribution is 2.21. The number of rotatable bonds is 5. The summed E-state index contributed by atoms with van der Waals surface area (Å²) in [5, 5.41) is 8.63. The maximum absolute atomic E-state index is 12.1. The molecule has 0 spiro atoms. The lowest BCUT2D eigenvalue weighted by Gasteiger charge is -2.19. The number of carboxylic acid groups (broad SMARTS) is 1. The molecular formula is C10H13ClN2O4S. The first kappa shape index (κ1) is 14.9. The van der Waals surface area contributed by atoms with E-state index in [0.717, 1.165) is 4.31 Å². The first-order valence-electron chi connectivity index (χ1n) is 5.06. The molecule has 0 saturated heterocycles. The van der Waals surface area contributed by atoms with Gasteiger partial charge in [-0.25, -0.2) is 13.4 Å². The molecule has 0 saturated carbocycles. The third-order valence-electron chi connectivity index (χ3n) is 2.37. The molecule has 100 valence electrons. The van der Waals surface area contributed by atoms with E-state index >= 15 is 0 Å². The van der Waals surface area contributed by atoms with E-state index in [1.54, 1.807) is 0 Å². The summed E-state index contributed by atoms with van der Waals surface area (Å²) in [6.45, 7) is 1.29. The molecule has 0 aliphatic heterocycles. The largest absolute Gasteiger partial charge is 0.481 e. The van der Waals surface area contributed by atoms with Gasteiger partial charge < -0.3 is 5.11 Å². The van der Waals surface area contributed by atoms with Crippen LogP contribution in [-0.4, -0.2) is 42.4 Å². The fourth-order valence-corrected chi connectivity index (χ4v) is 2.98. The molecule has 0 radical (unpaired) electrons. The van der Waals surface area contributed by atoms with Crippen LogP contribution in [0.3, 0.4) is 0 Å². The molecule has 6 nitrogen and oxygen atoms in total. The molecule has 1 atom stereocenters. The second-order valence-corrected chi connectivity index (χ2v) is 6.19. The van der Waals surface area contributed by atoms with Crippen LogP contribution in [0.25, 0.3) is 0 Å². The van der Waals surface area contributed by atoms with E-state index in [1.165, 1.54) is 32.3 Å². The Labute approximate surface area is 110 Å². The highest BCUT2D eigenvalue weighted by molar-refractivity contribution is 7.89. The zero-order valence-corrected chi connectivity index (χ0v) is 11.4. The van der Waals surface area contributed by atoms with Crippen LogP contribution < -0.4 is 0 Å². The lowest BCUT2D eigenvalue weighted by Crippen LogP contribution is -2.33. The zero-order valence-electron chi connectivity index (χ0n) is 9.87. The molecule has 0 aromatic carbocycles. The number of hydrogen-bond acceptors (Lipinski definition) is 4. The molecule has 1 unspecified atom stereocenters. The molecule has 1 N–H and O–H groups in total. The van der Waals surface area contributed by atoms with Crippen LogP contribution in [-0.2, 0) is 14.8 Å². The minimum atomic E-state index is -3.82. The fourth-order valence-electron chi connectivity index (χ4n) is 1.29. The molecule has 0 amide bonds. The zero-order chi connectivity index (χ0) is 13.9. The Morgan fingerprint density at radius 3 is 2.72 bits per heavy atom. The van der Waals surface area contributed by atoms with Crippen LogP contribution in [0.15, 0.2) is 23.2 Å². The Morgan fingerprint density at radius 2 is 2.22 bits per heavy atom. The summed E-state index contributed by atoms with van der Waals surface area (Å²) in [5.41, 5.74) is 0. The average molecular weight is 293 g/mol. The van der Waals surface area contributed by atoms with Gasteiger partial charge in [0.05, 0.1) is 5.92 Å². The van der Waals surface area contributed by atoms with Crippen LogP contribution in [0.2, 0.25) is 5.15 Å². The van der Waals surface area contributed by atoms with Gasteiger partial charge in [-0.3, -0.25) is 4.79 Å². The maximum atomic E-state index is 12.1. The minimum absolute atomic E-state index is 0.132. The van der Waals surface area contributed by atoms with Crippen molar-refractivity contribution in [1.29, 1.82) is 0 Å². The Balaban J connectivity index is 3.01. The Hall–Kier alpha value is -1.18. The van der Waals surface area contributed by atoms with Gasteiger partial charge in [0.1, 0.15) is 10.0 Å². The van der Waals surface area contributed by atoms with Crippen LogP contribution in [0, 0.1) is 5.92 Å². The van der Waals surface area contributed by atoms with Crippen LogP contribution in [0.1, 0.15) is 6.92 Å². The highest BCUT2D eigenvalue weighted by atomic mass is 35.5. The van der Waals surface area contributed by atoms with Crippen molar-refractivity contribution in [3.05, 3.63) is 23.5 Å². The van der Waals surface area contributed by atoms with Crippen molar-refractivity contribution in [2.45, 2.75) is 11.8 Å².